The van der Waals surface area contributed by atoms with Gasteiger partial charge in [-0.15, -0.1) is 0 Å². The third-order valence-corrected chi connectivity index (χ3v) is 6.33. The Labute approximate surface area is 173 Å². The number of aromatic nitrogens is 2. The molecule has 2 aliphatic rings. The molecule has 1 saturated heterocycles. The minimum atomic E-state index is 0.0171. The summed E-state index contributed by atoms with van der Waals surface area (Å²) in [7, 11) is 3.83. The number of carbonyl (C=O) groups excluding carboxylic acids is 1. The monoisotopic (exact) mass is 395 g/mol. The molecule has 6 heteroatoms. The summed E-state index contributed by atoms with van der Waals surface area (Å²) in [6.07, 6.45) is 5.66. The third-order valence-electron chi connectivity index (χ3n) is 6.33. The van der Waals surface area contributed by atoms with Gasteiger partial charge in [-0.2, -0.15) is 5.10 Å². The lowest BCUT2D eigenvalue weighted by Crippen LogP contribution is -2.40. The molecule has 0 bridgehead atoms. The summed E-state index contributed by atoms with van der Waals surface area (Å²) in [6, 6.07) is 10.6. The fourth-order valence-electron chi connectivity index (χ4n) is 4.68. The molecule has 4 rings (SSSR count). The van der Waals surface area contributed by atoms with Gasteiger partial charge in [-0.3, -0.25) is 9.48 Å². The van der Waals surface area contributed by atoms with Crippen molar-refractivity contribution in [3.63, 3.8) is 0 Å². The van der Waals surface area contributed by atoms with E-state index < -0.39 is 0 Å². The normalized spacial score (nSPS) is 19.3. The van der Waals surface area contributed by atoms with Crippen molar-refractivity contribution in [1.82, 2.24) is 24.9 Å². The highest BCUT2D eigenvalue weighted by atomic mass is 16.2. The van der Waals surface area contributed by atoms with Gasteiger partial charge >= 0.3 is 0 Å². The summed E-state index contributed by atoms with van der Waals surface area (Å²) in [4.78, 5) is 17.5. The van der Waals surface area contributed by atoms with Gasteiger partial charge in [0.05, 0.1) is 0 Å². The average molecular weight is 396 g/mol. The molecule has 1 unspecified atom stereocenters. The number of nitrogens with one attached hydrogen (secondary N) is 1. The number of hydrogen-bond donors (Lipinski definition) is 1. The molecule has 1 aromatic carbocycles. The van der Waals surface area contributed by atoms with E-state index in [4.69, 9.17) is 0 Å². The summed E-state index contributed by atoms with van der Waals surface area (Å²) >= 11 is 0. The summed E-state index contributed by atoms with van der Waals surface area (Å²) in [5.41, 5.74) is 4.13. The van der Waals surface area contributed by atoms with Crippen LogP contribution in [0.4, 0.5) is 0 Å². The van der Waals surface area contributed by atoms with Gasteiger partial charge in [0, 0.05) is 51.0 Å². The third kappa shape index (κ3) is 4.70. The lowest BCUT2D eigenvalue weighted by Gasteiger charge is -2.26. The largest absolute Gasteiger partial charge is 0.336 e. The topological polar surface area (TPSA) is 53.4 Å². The molecule has 1 fully saturated rings. The first-order chi connectivity index (χ1) is 14.1. The zero-order chi connectivity index (χ0) is 20.2. The van der Waals surface area contributed by atoms with Crippen molar-refractivity contribution in [2.75, 3.05) is 33.2 Å². The number of hydrogen-bond acceptors (Lipinski definition) is 4. The molecule has 0 spiro atoms. The SMILES string of the molecule is CN(Cc1ccccc1)C(=O)c1nn(C)c2c1CC(NCCN1CCCC1)CC2. The lowest BCUT2D eigenvalue weighted by molar-refractivity contribution is 0.0777. The first kappa shape index (κ1) is 20.1. The fraction of sp³-hybridized carbons (Fsp3) is 0.565. The van der Waals surface area contributed by atoms with E-state index in [2.05, 4.69) is 27.4 Å². The second-order valence-electron chi connectivity index (χ2n) is 8.49. The van der Waals surface area contributed by atoms with Crippen LogP contribution in [0.3, 0.4) is 0 Å². The van der Waals surface area contributed by atoms with E-state index in [0.29, 0.717) is 18.3 Å². The van der Waals surface area contributed by atoms with Crippen LogP contribution in [0.5, 0.6) is 0 Å². The van der Waals surface area contributed by atoms with Gasteiger partial charge in [-0.05, 0) is 50.8 Å². The van der Waals surface area contributed by atoms with Crippen LogP contribution in [0.15, 0.2) is 30.3 Å². The molecule has 156 valence electrons. The number of fused-ring (bicyclic) bond motifs is 1. The van der Waals surface area contributed by atoms with Gasteiger partial charge in [0.1, 0.15) is 0 Å². The van der Waals surface area contributed by atoms with Crippen molar-refractivity contribution in [1.29, 1.82) is 0 Å². The van der Waals surface area contributed by atoms with Crippen LogP contribution in [0.2, 0.25) is 0 Å². The standard InChI is InChI=1S/C23H33N5O/c1-26(17-18-8-4-3-5-9-18)23(29)22-20-16-19(10-11-21(20)27(2)25-22)24-12-15-28-13-6-7-14-28/h3-5,8-9,19,24H,6-7,10-17H2,1-2H3. The van der Waals surface area contributed by atoms with Gasteiger partial charge in [0.2, 0.25) is 0 Å². The maximum Gasteiger partial charge on any atom is 0.274 e. The molecule has 0 radical (unpaired) electrons. The molecular formula is C23H33N5O. The molecule has 0 saturated carbocycles. The van der Waals surface area contributed by atoms with Crippen molar-refractivity contribution in [3.8, 4) is 0 Å². The van der Waals surface area contributed by atoms with E-state index >= 15 is 0 Å². The van der Waals surface area contributed by atoms with E-state index in [1.165, 1.54) is 31.6 Å². The molecule has 2 heterocycles. The van der Waals surface area contributed by atoms with Crippen LogP contribution in [-0.2, 0) is 26.4 Å². The van der Waals surface area contributed by atoms with Crippen molar-refractivity contribution >= 4 is 5.91 Å². The van der Waals surface area contributed by atoms with Gasteiger partial charge in [-0.1, -0.05) is 30.3 Å². The number of benzene rings is 1. The molecule has 29 heavy (non-hydrogen) atoms. The van der Waals surface area contributed by atoms with Gasteiger partial charge in [-0.25, -0.2) is 0 Å². The van der Waals surface area contributed by atoms with Crippen LogP contribution >= 0.6 is 0 Å². The van der Waals surface area contributed by atoms with E-state index in [1.807, 2.05) is 37.0 Å². The minimum Gasteiger partial charge on any atom is -0.336 e. The second kappa shape index (κ2) is 9.09. The molecule has 1 atom stereocenters. The van der Waals surface area contributed by atoms with Crippen LogP contribution in [0.25, 0.3) is 0 Å². The predicted molar refractivity (Wildman–Crippen MR) is 115 cm³/mol. The lowest BCUT2D eigenvalue weighted by atomic mass is 9.91. The summed E-state index contributed by atoms with van der Waals surface area (Å²) < 4.78 is 1.92. The highest BCUT2D eigenvalue weighted by Crippen LogP contribution is 2.25. The number of nitrogens with zero attached hydrogens (tertiary/aromatic N) is 4. The molecule has 6 nitrogen and oxygen atoms in total. The van der Waals surface area contributed by atoms with E-state index in [1.54, 1.807) is 4.90 Å². The first-order valence-corrected chi connectivity index (χ1v) is 10.9. The molecule has 1 amide bonds. The number of aryl methyl sites for hydroxylation is 1. The Morgan fingerprint density at radius 1 is 1.24 bits per heavy atom. The first-order valence-electron chi connectivity index (χ1n) is 10.9. The molecular weight excluding hydrogens is 362 g/mol. The Morgan fingerprint density at radius 3 is 2.76 bits per heavy atom. The van der Waals surface area contributed by atoms with Crippen LogP contribution in [0, 0.1) is 0 Å². The summed E-state index contributed by atoms with van der Waals surface area (Å²) in [5.74, 6) is 0.0171. The van der Waals surface area contributed by atoms with Crippen molar-refractivity contribution in [3.05, 3.63) is 52.8 Å². The Balaban J connectivity index is 1.40. The zero-order valence-corrected chi connectivity index (χ0v) is 17.7. The van der Waals surface area contributed by atoms with Gasteiger partial charge in [0.25, 0.3) is 5.91 Å². The Morgan fingerprint density at radius 2 is 2.00 bits per heavy atom. The Hall–Kier alpha value is -2.18. The van der Waals surface area contributed by atoms with Crippen molar-refractivity contribution in [2.24, 2.45) is 7.05 Å². The minimum absolute atomic E-state index is 0.0171. The molecule has 1 aliphatic carbocycles. The van der Waals surface area contributed by atoms with Gasteiger partial charge < -0.3 is 15.1 Å². The molecule has 1 N–H and O–H groups in total. The van der Waals surface area contributed by atoms with Crippen LogP contribution in [0.1, 0.15) is 46.6 Å². The van der Waals surface area contributed by atoms with E-state index in [0.717, 1.165) is 43.5 Å². The average Bonchev–Trinajstić information content (AvgIpc) is 3.36. The van der Waals surface area contributed by atoms with E-state index in [9.17, 15) is 4.79 Å². The summed E-state index contributed by atoms with van der Waals surface area (Å²) in [6.45, 7) is 5.24. The maximum atomic E-state index is 13.2. The van der Waals surface area contributed by atoms with Crippen LogP contribution in [-0.4, -0.2) is 64.8 Å². The highest BCUT2D eigenvalue weighted by Gasteiger charge is 2.29. The number of rotatable bonds is 7. The van der Waals surface area contributed by atoms with Crippen molar-refractivity contribution in [2.45, 2.75) is 44.7 Å². The number of likely N-dealkylation sites (tertiary alicyclic amines) is 1. The summed E-state index contributed by atoms with van der Waals surface area (Å²) in [5, 5.41) is 8.35. The second-order valence-corrected chi connectivity index (χ2v) is 8.49. The van der Waals surface area contributed by atoms with Crippen molar-refractivity contribution < 1.29 is 4.79 Å². The fourth-order valence-corrected chi connectivity index (χ4v) is 4.68. The van der Waals surface area contributed by atoms with E-state index in [-0.39, 0.29) is 5.91 Å². The quantitative estimate of drug-likeness (QED) is 0.781. The van der Waals surface area contributed by atoms with Crippen LogP contribution < -0.4 is 5.32 Å². The Bertz CT molecular complexity index is 825. The maximum absolute atomic E-state index is 13.2. The molecule has 2 aromatic rings. The van der Waals surface area contributed by atoms with Gasteiger partial charge in [0.15, 0.2) is 5.69 Å². The smallest absolute Gasteiger partial charge is 0.274 e. The molecule has 1 aromatic heterocycles. The number of carbonyl (C=O) groups is 1. The number of amides is 1. The molecule has 1 aliphatic heterocycles. The Kier molecular flexibility index (Phi) is 6.31. The highest BCUT2D eigenvalue weighted by molar-refractivity contribution is 5.94. The predicted octanol–water partition coefficient (Wildman–Crippen LogP) is 2.23. The zero-order valence-electron chi connectivity index (χ0n) is 17.7.